The smallest absolute Gasteiger partial charge is 0.326 e. The second-order valence-corrected chi connectivity index (χ2v) is 10.3. The summed E-state index contributed by atoms with van der Waals surface area (Å²) >= 11 is 1.55. The lowest BCUT2D eigenvalue weighted by Crippen LogP contribution is -2.41. The third-order valence-electron chi connectivity index (χ3n) is 6.64. The summed E-state index contributed by atoms with van der Waals surface area (Å²) in [5.41, 5.74) is 5.40. The van der Waals surface area contributed by atoms with Crippen molar-refractivity contribution in [2.45, 2.75) is 32.4 Å². The van der Waals surface area contributed by atoms with Gasteiger partial charge in [-0.05, 0) is 82.5 Å². The summed E-state index contributed by atoms with van der Waals surface area (Å²) in [6.07, 6.45) is 3.09. The molecule has 196 valence electrons. The molecule has 4 rings (SSSR count). The molecule has 5 nitrogen and oxygen atoms in total. The molecule has 38 heavy (non-hydrogen) atoms. The number of benzene rings is 4. The van der Waals surface area contributed by atoms with E-state index >= 15 is 0 Å². The Labute approximate surface area is 228 Å². The quantitative estimate of drug-likeness (QED) is 0.205. The van der Waals surface area contributed by atoms with Gasteiger partial charge in [-0.1, -0.05) is 72.8 Å². The molecule has 0 aliphatic rings. The van der Waals surface area contributed by atoms with E-state index in [-0.39, 0.29) is 5.91 Å². The standard InChI is InChI=1S/C32H33NO4S/c1-22-8-3-5-12-26(22)29-20-23(14-15-28(29)31(34)33-30(32(35)36)17-19-38-2)21-37-18-16-25-11-7-10-24-9-4-6-13-27(24)25/h3-15,20,30H,16-19,21H2,1-2H3,(H,33,34)(H,35,36)/t30-/m0/s1. The second-order valence-electron chi connectivity index (χ2n) is 9.28. The zero-order chi connectivity index (χ0) is 26.9. The van der Waals surface area contributed by atoms with Crippen molar-refractivity contribution in [3.8, 4) is 11.1 Å². The highest BCUT2D eigenvalue weighted by Crippen LogP contribution is 2.29. The maximum atomic E-state index is 13.3. The van der Waals surface area contributed by atoms with Crippen molar-refractivity contribution >= 4 is 34.4 Å². The van der Waals surface area contributed by atoms with Gasteiger partial charge in [0.2, 0.25) is 0 Å². The number of carboxylic acid groups (broad SMARTS) is 1. The van der Waals surface area contributed by atoms with Crippen LogP contribution in [-0.2, 0) is 22.6 Å². The number of hydrogen-bond donors (Lipinski definition) is 2. The zero-order valence-corrected chi connectivity index (χ0v) is 22.6. The molecule has 0 heterocycles. The third kappa shape index (κ3) is 6.82. The molecule has 4 aromatic carbocycles. The van der Waals surface area contributed by atoms with Gasteiger partial charge in [-0.15, -0.1) is 0 Å². The fourth-order valence-corrected chi connectivity index (χ4v) is 5.06. The molecule has 6 heteroatoms. The van der Waals surface area contributed by atoms with Gasteiger partial charge in [0, 0.05) is 5.56 Å². The molecule has 0 unspecified atom stereocenters. The fraction of sp³-hybridized carbons (Fsp3) is 0.250. The van der Waals surface area contributed by atoms with Crippen LogP contribution in [0.4, 0.5) is 0 Å². The van der Waals surface area contributed by atoms with Gasteiger partial charge in [0.15, 0.2) is 0 Å². The molecule has 0 saturated carbocycles. The Morgan fingerprint density at radius 3 is 2.50 bits per heavy atom. The van der Waals surface area contributed by atoms with Crippen LogP contribution in [0.25, 0.3) is 21.9 Å². The Hall–Kier alpha value is -3.61. The second kappa shape index (κ2) is 13.3. The van der Waals surface area contributed by atoms with Gasteiger partial charge in [-0.3, -0.25) is 4.79 Å². The first-order valence-corrected chi connectivity index (χ1v) is 14.1. The van der Waals surface area contributed by atoms with Crippen LogP contribution in [0.15, 0.2) is 84.9 Å². The Bertz CT molecular complexity index is 1410. The van der Waals surface area contributed by atoms with E-state index in [1.165, 1.54) is 16.3 Å². The van der Waals surface area contributed by atoms with Crippen molar-refractivity contribution in [2.75, 3.05) is 18.6 Å². The van der Waals surface area contributed by atoms with E-state index in [1.54, 1.807) is 17.8 Å². The topological polar surface area (TPSA) is 75.6 Å². The highest BCUT2D eigenvalue weighted by molar-refractivity contribution is 7.98. The number of aryl methyl sites for hydroxylation is 1. The number of carbonyl (C=O) groups is 2. The number of thioether (sulfide) groups is 1. The van der Waals surface area contributed by atoms with Crippen molar-refractivity contribution in [1.29, 1.82) is 0 Å². The lowest BCUT2D eigenvalue weighted by Gasteiger charge is -2.18. The highest BCUT2D eigenvalue weighted by atomic mass is 32.2. The minimum Gasteiger partial charge on any atom is -0.480 e. The van der Waals surface area contributed by atoms with E-state index in [0.29, 0.717) is 31.0 Å². The first kappa shape index (κ1) is 27.4. The van der Waals surface area contributed by atoms with Gasteiger partial charge in [0.1, 0.15) is 6.04 Å². The number of carbonyl (C=O) groups excluding carboxylic acids is 1. The van der Waals surface area contributed by atoms with Crippen LogP contribution in [0.5, 0.6) is 0 Å². The summed E-state index contributed by atoms with van der Waals surface area (Å²) in [4.78, 5) is 25.0. The summed E-state index contributed by atoms with van der Waals surface area (Å²) in [5.74, 6) is -0.766. The number of fused-ring (bicyclic) bond motifs is 1. The minimum absolute atomic E-state index is 0.366. The highest BCUT2D eigenvalue weighted by Gasteiger charge is 2.22. The van der Waals surface area contributed by atoms with E-state index < -0.39 is 12.0 Å². The van der Waals surface area contributed by atoms with E-state index in [4.69, 9.17) is 4.74 Å². The Morgan fingerprint density at radius 1 is 0.947 bits per heavy atom. The summed E-state index contributed by atoms with van der Waals surface area (Å²) in [6, 6.07) is 27.3. The molecule has 0 aliphatic carbocycles. The Kier molecular flexibility index (Phi) is 9.57. The monoisotopic (exact) mass is 527 g/mol. The predicted octanol–water partition coefficient (Wildman–Crippen LogP) is 6.51. The van der Waals surface area contributed by atoms with Gasteiger partial charge >= 0.3 is 5.97 Å². The first-order valence-electron chi connectivity index (χ1n) is 12.7. The Morgan fingerprint density at radius 2 is 1.71 bits per heavy atom. The molecule has 1 atom stereocenters. The van der Waals surface area contributed by atoms with Crippen LogP contribution in [0, 0.1) is 6.92 Å². The number of amides is 1. The van der Waals surface area contributed by atoms with Crippen molar-refractivity contribution in [3.05, 3.63) is 107 Å². The van der Waals surface area contributed by atoms with E-state index in [1.807, 2.05) is 55.6 Å². The van der Waals surface area contributed by atoms with Crippen LogP contribution in [-0.4, -0.2) is 41.6 Å². The van der Waals surface area contributed by atoms with Crippen molar-refractivity contribution in [1.82, 2.24) is 5.32 Å². The molecule has 0 saturated heterocycles. The predicted molar refractivity (Wildman–Crippen MR) is 156 cm³/mol. The maximum absolute atomic E-state index is 13.3. The van der Waals surface area contributed by atoms with Crippen molar-refractivity contribution in [3.63, 3.8) is 0 Å². The summed E-state index contributed by atoms with van der Waals surface area (Å²) in [7, 11) is 0. The van der Waals surface area contributed by atoms with E-state index in [0.717, 1.165) is 28.7 Å². The molecule has 0 bridgehead atoms. The van der Waals surface area contributed by atoms with E-state index in [9.17, 15) is 14.7 Å². The fourth-order valence-electron chi connectivity index (χ4n) is 4.59. The molecule has 0 aromatic heterocycles. The normalized spacial score (nSPS) is 11.8. The average molecular weight is 528 g/mol. The molecule has 0 fully saturated rings. The molecule has 4 aromatic rings. The lowest BCUT2D eigenvalue weighted by molar-refractivity contribution is -0.139. The SMILES string of the molecule is CSCC[C@H](NC(=O)c1ccc(COCCc2cccc3ccccc23)cc1-c1ccccc1C)C(=O)O. The van der Waals surface area contributed by atoms with Crippen molar-refractivity contribution < 1.29 is 19.4 Å². The molecule has 0 spiro atoms. The number of ether oxygens (including phenoxy) is 1. The molecule has 0 radical (unpaired) electrons. The van der Waals surface area contributed by atoms with Crippen molar-refractivity contribution in [2.24, 2.45) is 0 Å². The van der Waals surface area contributed by atoms with Gasteiger partial charge < -0.3 is 15.2 Å². The largest absolute Gasteiger partial charge is 0.480 e. The third-order valence-corrected chi connectivity index (χ3v) is 7.29. The van der Waals surface area contributed by atoms with Gasteiger partial charge in [0.05, 0.1) is 13.2 Å². The summed E-state index contributed by atoms with van der Waals surface area (Å²) < 4.78 is 6.05. The van der Waals surface area contributed by atoms with E-state index in [2.05, 4.69) is 41.7 Å². The van der Waals surface area contributed by atoms with Gasteiger partial charge in [0.25, 0.3) is 5.91 Å². The molecule has 1 amide bonds. The number of rotatable bonds is 12. The zero-order valence-electron chi connectivity index (χ0n) is 21.8. The number of aliphatic carboxylic acids is 1. The van der Waals surface area contributed by atoms with Crippen LogP contribution in [0.2, 0.25) is 0 Å². The molecule has 0 aliphatic heterocycles. The average Bonchev–Trinajstić information content (AvgIpc) is 2.93. The van der Waals surface area contributed by atoms with Gasteiger partial charge in [-0.2, -0.15) is 11.8 Å². The molecular formula is C32H33NO4S. The summed E-state index contributed by atoms with van der Waals surface area (Å²) in [6.45, 7) is 2.99. The van der Waals surface area contributed by atoms with Crippen LogP contribution in [0.3, 0.4) is 0 Å². The first-order chi connectivity index (χ1) is 18.5. The van der Waals surface area contributed by atoms with Crippen LogP contribution < -0.4 is 5.32 Å². The number of carboxylic acids is 1. The van der Waals surface area contributed by atoms with Crippen LogP contribution in [0.1, 0.15) is 33.5 Å². The number of hydrogen-bond acceptors (Lipinski definition) is 4. The summed E-state index contributed by atoms with van der Waals surface area (Å²) in [5, 5.41) is 14.8. The Balaban J connectivity index is 1.51. The molecular weight excluding hydrogens is 494 g/mol. The number of nitrogens with one attached hydrogen (secondary N) is 1. The molecule has 2 N–H and O–H groups in total. The maximum Gasteiger partial charge on any atom is 0.326 e. The van der Waals surface area contributed by atoms with Crippen LogP contribution >= 0.6 is 11.8 Å². The van der Waals surface area contributed by atoms with Gasteiger partial charge in [-0.25, -0.2) is 4.79 Å². The minimum atomic E-state index is -1.03. The lowest BCUT2D eigenvalue weighted by atomic mass is 9.93.